The third kappa shape index (κ3) is 3.32. The highest BCUT2D eigenvalue weighted by Gasteiger charge is 2.13. The third-order valence-electron chi connectivity index (χ3n) is 4.02. The summed E-state index contributed by atoms with van der Waals surface area (Å²) in [5.41, 5.74) is 5.56. The van der Waals surface area contributed by atoms with Gasteiger partial charge in [-0.1, -0.05) is 56.3 Å². The minimum atomic E-state index is -0.224. The van der Waals surface area contributed by atoms with E-state index in [1.54, 1.807) is 0 Å². The second-order valence-corrected chi connectivity index (χ2v) is 6.44. The van der Waals surface area contributed by atoms with Crippen molar-refractivity contribution in [3.63, 3.8) is 0 Å². The van der Waals surface area contributed by atoms with Gasteiger partial charge in [-0.2, -0.15) is 0 Å². The molecule has 0 unspecified atom stereocenters. The summed E-state index contributed by atoms with van der Waals surface area (Å²) in [6, 6.07) is 21.2. The van der Waals surface area contributed by atoms with Gasteiger partial charge in [-0.25, -0.2) is 4.39 Å². The summed E-state index contributed by atoms with van der Waals surface area (Å²) in [4.78, 5) is 0.964. The fourth-order valence-electron chi connectivity index (χ4n) is 2.74. The Morgan fingerprint density at radius 2 is 1.43 bits per heavy atom. The van der Waals surface area contributed by atoms with E-state index in [2.05, 4.69) is 38.1 Å². The van der Waals surface area contributed by atoms with Crippen LogP contribution in [0.3, 0.4) is 0 Å². The van der Waals surface area contributed by atoms with Gasteiger partial charge >= 0.3 is 0 Å². The molecule has 0 aliphatic heterocycles. The van der Waals surface area contributed by atoms with Gasteiger partial charge in [0.15, 0.2) is 0 Å². The molecule has 0 saturated heterocycles. The molecule has 0 amide bonds. The maximum atomic E-state index is 13.2. The van der Waals surface area contributed by atoms with Crippen LogP contribution in [0, 0.1) is 5.82 Å². The van der Waals surface area contributed by atoms with Crippen LogP contribution in [0.15, 0.2) is 71.6 Å². The molecule has 3 rings (SSSR count). The van der Waals surface area contributed by atoms with Gasteiger partial charge in [-0.3, -0.25) is 0 Å². The summed E-state index contributed by atoms with van der Waals surface area (Å²) in [7, 11) is 0. The molecule has 0 N–H and O–H groups in total. The number of hydrogen-bond donors (Lipinski definition) is 1. The van der Waals surface area contributed by atoms with E-state index in [4.69, 9.17) is 12.6 Å². The molecule has 116 valence electrons. The van der Waals surface area contributed by atoms with Crippen LogP contribution in [0.1, 0.15) is 25.3 Å². The molecule has 0 radical (unpaired) electrons. The Kier molecular flexibility index (Phi) is 4.53. The maximum absolute atomic E-state index is 13.2. The van der Waals surface area contributed by atoms with Crippen LogP contribution in [-0.4, -0.2) is 0 Å². The minimum absolute atomic E-state index is 0.224. The van der Waals surface area contributed by atoms with Gasteiger partial charge in [0.25, 0.3) is 0 Å². The Labute approximate surface area is 142 Å². The molecule has 3 aromatic rings. The van der Waals surface area contributed by atoms with E-state index in [9.17, 15) is 4.39 Å². The lowest BCUT2D eigenvalue weighted by molar-refractivity contribution is 0.628. The van der Waals surface area contributed by atoms with Crippen molar-refractivity contribution in [3.05, 3.63) is 78.1 Å². The van der Waals surface area contributed by atoms with Crippen LogP contribution in [0.25, 0.3) is 22.3 Å². The van der Waals surface area contributed by atoms with Crippen molar-refractivity contribution < 1.29 is 4.39 Å². The standard InChI is InChI=1S/C21H19FS/c1-14(2)19-12-17(15-6-4-3-5-7-15)13-20(21(19)23)16-8-10-18(22)11-9-16/h3-14,23H,1-2H3. The minimum Gasteiger partial charge on any atom is -0.207 e. The van der Waals surface area contributed by atoms with Crippen molar-refractivity contribution in [1.82, 2.24) is 0 Å². The smallest absolute Gasteiger partial charge is 0.123 e. The summed E-state index contributed by atoms with van der Waals surface area (Å²) in [5, 5.41) is 0. The first-order valence-electron chi connectivity index (χ1n) is 7.74. The molecular weight excluding hydrogens is 303 g/mol. The molecule has 0 aliphatic carbocycles. The van der Waals surface area contributed by atoms with Gasteiger partial charge in [0.2, 0.25) is 0 Å². The van der Waals surface area contributed by atoms with Gasteiger partial charge in [0.1, 0.15) is 5.82 Å². The first-order valence-corrected chi connectivity index (χ1v) is 8.19. The number of halogens is 1. The van der Waals surface area contributed by atoms with E-state index in [1.165, 1.54) is 23.3 Å². The quantitative estimate of drug-likeness (QED) is 0.518. The second kappa shape index (κ2) is 6.59. The molecule has 2 heteroatoms. The monoisotopic (exact) mass is 322 g/mol. The van der Waals surface area contributed by atoms with Crippen LogP contribution < -0.4 is 0 Å². The third-order valence-corrected chi connectivity index (χ3v) is 4.52. The van der Waals surface area contributed by atoms with Crippen LogP contribution in [-0.2, 0) is 0 Å². The van der Waals surface area contributed by atoms with Crippen molar-refractivity contribution >= 4 is 12.6 Å². The average Bonchev–Trinajstić information content (AvgIpc) is 2.56. The number of hydrogen-bond acceptors (Lipinski definition) is 1. The zero-order valence-corrected chi connectivity index (χ0v) is 14.1. The van der Waals surface area contributed by atoms with Crippen LogP contribution >= 0.6 is 12.6 Å². The molecule has 0 aromatic heterocycles. The predicted octanol–water partition coefficient (Wildman–Crippen LogP) is 6.57. The molecule has 23 heavy (non-hydrogen) atoms. The van der Waals surface area contributed by atoms with Crippen LogP contribution in [0.4, 0.5) is 4.39 Å². The first kappa shape index (κ1) is 15.8. The second-order valence-electron chi connectivity index (χ2n) is 5.99. The SMILES string of the molecule is CC(C)c1cc(-c2ccccc2)cc(-c2ccc(F)cc2)c1S. The molecule has 0 fully saturated rings. The summed E-state index contributed by atoms with van der Waals surface area (Å²) in [6.07, 6.45) is 0. The predicted molar refractivity (Wildman–Crippen MR) is 98.6 cm³/mol. The lowest BCUT2D eigenvalue weighted by atomic mass is 9.92. The molecular formula is C21H19FS. The normalized spacial score (nSPS) is 11.0. The molecule has 3 aromatic carbocycles. The topological polar surface area (TPSA) is 0 Å². The Balaban J connectivity index is 2.22. The Morgan fingerprint density at radius 3 is 2.04 bits per heavy atom. The fourth-order valence-corrected chi connectivity index (χ4v) is 3.26. The molecule has 0 nitrogen and oxygen atoms in total. The number of thiol groups is 1. The number of rotatable bonds is 3. The lowest BCUT2D eigenvalue weighted by Gasteiger charge is -2.17. The van der Waals surface area contributed by atoms with Crippen molar-refractivity contribution in [3.8, 4) is 22.3 Å². The van der Waals surface area contributed by atoms with E-state index in [1.807, 2.05) is 30.3 Å². The molecule has 0 spiro atoms. The van der Waals surface area contributed by atoms with Crippen LogP contribution in [0.2, 0.25) is 0 Å². The van der Waals surface area contributed by atoms with Gasteiger partial charge < -0.3 is 0 Å². The summed E-state index contributed by atoms with van der Waals surface area (Å²) < 4.78 is 13.2. The maximum Gasteiger partial charge on any atom is 0.123 e. The van der Waals surface area contributed by atoms with E-state index in [0.717, 1.165) is 21.6 Å². The lowest BCUT2D eigenvalue weighted by Crippen LogP contribution is -1.94. The van der Waals surface area contributed by atoms with Gasteiger partial charge in [0.05, 0.1) is 0 Å². The molecule has 0 heterocycles. The summed E-state index contributed by atoms with van der Waals surface area (Å²) in [6.45, 7) is 4.33. The zero-order chi connectivity index (χ0) is 16.4. The fraction of sp³-hybridized carbons (Fsp3) is 0.143. The van der Waals surface area contributed by atoms with Crippen molar-refractivity contribution in [2.45, 2.75) is 24.7 Å². The van der Waals surface area contributed by atoms with Gasteiger partial charge in [-0.05, 0) is 58.0 Å². The Morgan fingerprint density at radius 1 is 0.783 bits per heavy atom. The highest BCUT2D eigenvalue weighted by molar-refractivity contribution is 7.80. The average molecular weight is 322 g/mol. The van der Waals surface area contributed by atoms with Crippen molar-refractivity contribution in [2.24, 2.45) is 0 Å². The van der Waals surface area contributed by atoms with E-state index in [-0.39, 0.29) is 5.82 Å². The van der Waals surface area contributed by atoms with Gasteiger partial charge in [-0.15, -0.1) is 12.6 Å². The Hall–Kier alpha value is -2.06. The number of benzene rings is 3. The van der Waals surface area contributed by atoms with Crippen molar-refractivity contribution in [1.29, 1.82) is 0 Å². The summed E-state index contributed by atoms with van der Waals surface area (Å²) >= 11 is 4.75. The van der Waals surface area contributed by atoms with Crippen LogP contribution in [0.5, 0.6) is 0 Å². The zero-order valence-electron chi connectivity index (χ0n) is 13.3. The van der Waals surface area contributed by atoms with Crippen molar-refractivity contribution in [2.75, 3.05) is 0 Å². The van der Waals surface area contributed by atoms with E-state index >= 15 is 0 Å². The first-order chi connectivity index (χ1) is 11.1. The van der Waals surface area contributed by atoms with E-state index in [0.29, 0.717) is 5.92 Å². The Bertz CT molecular complexity index is 805. The molecule has 0 aliphatic rings. The highest BCUT2D eigenvalue weighted by Crippen LogP contribution is 2.37. The van der Waals surface area contributed by atoms with E-state index < -0.39 is 0 Å². The highest BCUT2D eigenvalue weighted by atomic mass is 32.1. The largest absolute Gasteiger partial charge is 0.207 e. The molecule has 0 bridgehead atoms. The summed E-state index contributed by atoms with van der Waals surface area (Å²) in [5.74, 6) is 0.142. The molecule has 0 saturated carbocycles. The molecule has 0 atom stereocenters. The van der Waals surface area contributed by atoms with Gasteiger partial charge in [0, 0.05) is 4.90 Å².